The number of carbonyl (C=O) groups is 3. The van der Waals surface area contributed by atoms with Crippen LogP contribution in [-0.4, -0.2) is 59.9 Å². The van der Waals surface area contributed by atoms with E-state index in [2.05, 4.69) is 79.1 Å². The number of hydrogen-bond acceptors (Lipinski definition) is 9. The molecular weight excluding hydrogens is 685 g/mol. The highest BCUT2D eigenvalue weighted by atomic mass is 31.2. The van der Waals surface area contributed by atoms with E-state index in [4.69, 9.17) is 24.8 Å². The van der Waals surface area contributed by atoms with Crippen LogP contribution in [0.5, 0.6) is 0 Å². The summed E-state index contributed by atoms with van der Waals surface area (Å²) in [5.41, 5.74) is 5.31. The topological polar surface area (TPSA) is 172 Å². The summed E-state index contributed by atoms with van der Waals surface area (Å²) in [4.78, 5) is 45.7. The molecule has 12 heteroatoms. The maximum atomic E-state index is 12.6. The van der Waals surface area contributed by atoms with E-state index in [1.807, 2.05) is 0 Å². The zero-order valence-corrected chi connectivity index (χ0v) is 32.8. The van der Waals surface area contributed by atoms with Crippen molar-refractivity contribution >= 4 is 25.7 Å². The Bertz CT molecular complexity index is 1120. The Balaban J connectivity index is 4.55. The van der Waals surface area contributed by atoms with Gasteiger partial charge in [0.15, 0.2) is 6.10 Å². The number of carbonyl (C=O) groups excluding carboxylic acids is 2. The first-order chi connectivity index (χ1) is 25.1. The molecule has 0 spiro atoms. The minimum absolute atomic E-state index is 0.103. The zero-order chi connectivity index (χ0) is 38.5. The molecular formula is C40H68NO10P. The summed E-state index contributed by atoms with van der Waals surface area (Å²) in [6.07, 6.45) is 38.7. The van der Waals surface area contributed by atoms with Gasteiger partial charge in [-0.2, -0.15) is 0 Å². The molecule has 0 saturated heterocycles. The summed E-state index contributed by atoms with van der Waals surface area (Å²) in [5, 5.41) is 8.86. The number of rotatable bonds is 35. The number of phosphoric acid groups is 1. The normalized spacial score (nSPS) is 14.5. The van der Waals surface area contributed by atoms with E-state index < -0.39 is 51.1 Å². The lowest BCUT2D eigenvalue weighted by atomic mass is 10.1. The van der Waals surface area contributed by atoms with Gasteiger partial charge in [-0.05, 0) is 77.0 Å². The van der Waals surface area contributed by atoms with Crippen molar-refractivity contribution in [3.05, 3.63) is 60.8 Å². The molecule has 3 atom stereocenters. The first-order valence-corrected chi connectivity index (χ1v) is 20.8. The Morgan fingerprint density at radius 3 is 1.67 bits per heavy atom. The average molecular weight is 754 g/mol. The molecule has 0 aliphatic carbocycles. The van der Waals surface area contributed by atoms with Crippen LogP contribution in [0.2, 0.25) is 0 Å². The maximum Gasteiger partial charge on any atom is 0.472 e. The lowest BCUT2D eigenvalue weighted by Crippen LogP contribution is -2.34. The molecule has 0 aromatic rings. The third-order valence-electron chi connectivity index (χ3n) is 7.75. The number of ether oxygens (including phenoxy) is 2. The Kier molecular flexibility index (Phi) is 33.3. The van der Waals surface area contributed by atoms with Crippen LogP contribution in [0.3, 0.4) is 0 Å². The van der Waals surface area contributed by atoms with Gasteiger partial charge in [0, 0.05) is 12.8 Å². The van der Waals surface area contributed by atoms with Crippen LogP contribution < -0.4 is 5.73 Å². The summed E-state index contributed by atoms with van der Waals surface area (Å²) >= 11 is 0. The van der Waals surface area contributed by atoms with Gasteiger partial charge in [0.2, 0.25) is 0 Å². The van der Waals surface area contributed by atoms with Crippen molar-refractivity contribution < 1.29 is 47.5 Å². The number of unbranched alkanes of at least 4 members (excludes halogenated alkanes) is 11. The van der Waals surface area contributed by atoms with Crippen molar-refractivity contribution in [3.63, 3.8) is 0 Å². The minimum atomic E-state index is -4.73. The zero-order valence-electron chi connectivity index (χ0n) is 31.9. The molecule has 0 heterocycles. The lowest BCUT2D eigenvalue weighted by Gasteiger charge is -2.20. The summed E-state index contributed by atoms with van der Waals surface area (Å²) in [5.74, 6) is -2.46. The Labute approximate surface area is 313 Å². The van der Waals surface area contributed by atoms with Crippen molar-refractivity contribution in [2.45, 2.75) is 154 Å². The van der Waals surface area contributed by atoms with E-state index in [0.29, 0.717) is 12.8 Å². The van der Waals surface area contributed by atoms with Crippen LogP contribution >= 0.6 is 7.82 Å². The van der Waals surface area contributed by atoms with E-state index in [9.17, 15) is 23.8 Å². The number of hydrogen-bond donors (Lipinski definition) is 3. The van der Waals surface area contributed by atoms with Gasteiger partial charge in [0.25, 0.3) is 0 Å². The van der Waals surface area contributed by atoms with E-state index in [0.717, 1.165) is 64.2 Å². The van der Waals surface area contributed by atoms with Crippen molar-refractivity contribution in [1.82, 2.24) is 0 Å². The minimum Gasteiger partial charge on any atom is -0.480 e. The molecule has 4 N–H and O–H groups in total. The monoisotopic (exact) mass is 753 g/mol. The predicted octanol–water partition coefficient (Wildman–Crippen LogP) is 9.61. The van der Waals surface area contributed by atoms with Crippen LogP contribution in [0.1, 0.15) is 142 Å². The van der Waals surface area contributed by atoms with Crippen LogP contribution in [-0.2, 0) is 37.5 Å². The summed E-state index contributed by atoms with van der Waals surface area (Å²) < 4.78 is 32.5. The molecule has 52 heavy (non-hydrogen) atoms. The van der Waals surface area contributed by atoms with Gasteiger partial charge in [-0.1, -0.05) is 113 Å². The molecule has 0 radical (unpaired) electrons. The highest BCUT2D eigenvalue weighted by Crippen LogP contribution is 2.43. The number of aliphatic carboxylic acids is 1. The molecule has 0 amide bonds. The summed E-state index contributed by atoms with van der Waals surface area (Å²) in [7, 11) is -4.73. The lowest BCUT2D eigenvalue weighted by molar-refractivity contribution is -0.161. The van der Waals surface area contributed by atoms with Crippen LogP contribution in [0.25, 0.3) is 0 Å². The van der Waals surface area contributed by atoms with Crippen molar-refractivity contribution in [1.29, 1.82) is 0 Å². The summed E-state index contributed by atoms with van der Waals surface area (Å²) in [6.45, 7) is 2.59. The van der Waals surface area contributed by atoms with Gasteiger partial charge in [0.1, 0.15) is 12.6 Å². The molecule has 11 nitrogen and oxygen atoms in total. The fourth-order valence-corrected chi connectivity index (χ4v) is 5.47. The second-order valence-corrected chi connectivity index (χ2v) is 14.1. The third kappa shape index (κ3) is 34.3. The first kappa shape index (κ1) is 49.2. The second-order valence-electron chi connectivity index (χ2n) is 12.7. The Hall–Kier alpha value is -2.82. The molecule has 0 bridgehead atoms. The van der Waals surface area contributed by atoms with E-state index in [1.54, 1.807) is 0 Å². The third-order valence-corrected chi connectivity index (χ3v) is 8.70. The average Bonchev–Trinajstić information content (AvgIpc) is 3.12. The largest absolute Gasteiger partial charge is 0.480 e. The highest BCUT2D eigenvalue weighted by Gasteiger charge is 2.28. The fourth-order valence-electron chi connectivity index (χ4n) is 4.70. The van der Waals surface area contributed by atoms with E-state index in [1.165, 1.54) is 38.5 Å². The molecule has 298 valence electrons. The van der Waals surface area contributed by atoms with Crippen molar-refractivity contribution in [2.75, 3.05) is 19.8 Å². The van der Waals surface area contributed by atoms with Gasteiger partial charge >= 0.3 is 25.7 Å². The summed E-state index contributed by atoms with van der Waals surface area (Å²) in [6, 6.07) is -1.53. The fraction of sp³-hybridized carbons (Fsp3) is 0.675. The molecule has 0 aromatic heterocycles. The molecule has 0 aliphatic heterocycles. The molecule has 0 fully saturated rings. The van der Waals surface area contributed by atoms with Crippen LogP contribution in [0.15, 0.2) is 60.8 Å². The number of carboxylic acid groups (broad SMARTS) is 1. The molecule has 1 unspecified atom stereocenters. The smallest absolute Gasteiger partial charge is 0.472 e. The quantitative estimate of drug-likeness (QED) is 0.0244. The van der Waals surface area contributed by atoms with Gasteiger partial charge in [-0.15, -0.1) is 0 Å². The Morgan fingerprint density at radius 2 is 1.08 bits per heavy atom. The van der Waals surface area contributed by atoms with E-state index in [-0.39, 0.29) is 19.4 Å². The predicted molar refractivity (Wildman–Crippen MR) is 208 cm³/mol. The standard InChI is InChI=1S/C40H68NO10P/c1-3-5-7-9-11-13-15-17-18-20-22-24-26-28-30-32-39(43)51-36(34-49-52(46,47)50-35-37(41)40(44)45)33-48-38(42)31-29-27-25-23-21-19-16-14-12-10-8-6-4-2/h5,7,11,13,17-19,21-22,24,36-37H,3-4,6,8-10,12,14-16,20,23,25-35,41H2,1-2H3,(H,44,45)(H,46,47)/b7-5+,13-11+,18-17+,21-19+,24-22+/t36-,37+/m1/s1. The number of nitrogens with two attached hydrogens (primary N) is 1. The Morgan fingerprint density at radius 1 is 0.615 bits per heavy atom. The van der Waals surface area contributed by atoms with Gasteiger partial charge < -0.3 is 25.2 Å². The first-order valence-electron chi connectivity index (χ1n) is 19.3. The van der Waals surface area contributed by atoms with Crippen molar-refractivity contribution in [2.24, 2.45) is 5.73 Å². The van der Waals surface area contributed by atoms with Gasteiger partial charge in [0.05, 0.1) is 13.2 Å². The number of allylic oxidation sites excluding steroid dienone is 10. The number of carboxylic acids is 1. The highest BCUT2D eigenvalue weighted by molar-refractivity contribution is 7.47. The van der Waals surface area contributed by atoms with E-state index >= 15 is 0 Å². The van der Waals surface area contributed by atoms with Crippen LogP contribution in [0.4, 0.5) is 0 Å². The van der Waals surface area contributed by atoms with Crippen LogP contribution in [0, 0.1) is 0 Å². The molecule has 0 aliphatic rings. The van der Waals surface area contributed by atoms with Gasteiger partial charge in [-0.25, -0.2) is 4.57 Å². The number of phosphoric ester groups is 1. The van der Waals surface area contributed by atoms with Crippen molar-refractivity contribution in [3.8, 4) is 0 Å². The molecule has 0 aromatic carbocycles. The second kappa shape index (κ2) is 35.2. The van der Waals surface area contributed by atoms with Gasteiger partial charge in [-0.3, -0.25) is 23.4 Å². The molecule has 0 saturated carbocycles. The maximum absolute atomic E-state index is 12.6. The molecule has 0 rings (SSSR count). The SMILES string of the molecule is CC/C=C/C/C=C/C/C=C/C/C=C/CCCCC(=O)O[C@H](COC(=O)CCCCC/C=C/CCCCCCCC)COP(=O)(O)OC[C@H](N)C(=O)O. The number of esters is 2.